The summed E-state index contributed by atoms with van der Waals surface area (Å²) in [7, 11) is 1.58. The van der Waals surface area contributed by atoms with Gasteiger partial charge >= 0.3 is 0 Å². The fourth-order valence-corrected chi connectivity index (χ4v) is 1.59. The van der Waals surface area contributed by atoms with Gasteiger partial charge in [0, 0.05) is 5.56 Å². The lowest BCUT2D eigenvalue weighted by molar-refractivity contribution is 0.416. The molecule has 0 radical (unpaired) electrons. The SMILES string of the molecule is COc1ccc(C#N)cc1-c1ccc(=S)[nH]n1. The molecular formula is C12H9N3OS. The van der Waals surface area contributed by atoms with Gasteiger partial charge in [0.15, 0.2) is 0 Å². The quantitative estimate of drug-likeness (QED) is 0.824. The Labute approximate surface area is 103 Å². The Balaban J connectivity index is 2.60. The Morgan fingerprint density at radius 2 is 2.18 bits per heavy atom. The van der Waals surface area contributed by atoms with Crippen LogP contribution in [0, 0.1) is 16.0 Å². The van der Waals surface area contributed by atoms with Gasteiger partial charge in [0.05, 0.1) is 24.4 Å². The smallest absolute Gasteiger partial charge is 0.128 e. The van der Waals surface area contributed by atoms with Crippen molar-refractivity contribution < 1.29 is 4.74 Å². The van der Waals surface area contributed by atoms with E-state index in [0.29, 0.717) is 21.6 Å². The molecule has 0 spiro atoms. The van der Waals surface area contributed by atoms with Gasteiger partial charge in [-0.1, -0.05) is 12.2 Å². The van der Waals surface area contributed by atoms with E-state index in [9.17, 15) is 0 Å². The molecule has 0 saturated heterocycles. The molecule has 0 unspecified atom stereocenters. The maximum Gasteiger partial charge on any atom is 0.128 e. The van der Waals surface area contributed by atoms with Crippen molar-refractivity contribution in [1.29, 1.82) is 5.26 Å². The van der Waals surface area contributed by atoms with Gasteiger partial charge in [-0.25, -0.2) is 0 Å². The van der Waals surface area contributed by atoms with Gasteiger partial charge in [0.25, 0.3) is 0 Å². The predicted octanol–water partition coefficient (Wildman–Crippen LogP) is 2.69. The third-order valence-electron chi connectivity index (χ3n) is 2.28. The Hall–Kier alpha value is -2.19. The number of benzene rings is 1. The summed E-state index contributed by atoms with van der Waals surface area (Å²) in [5.74, 6) is 0.669. The number of aromatic nitrogens is 2. The zero-order valence-corrected chi connectivity index (χ0v) is 9.91. The lowest BCUT2D eigenvalue weighted by atomic mass is 10.1. The molecule has 0 atom stereocenters. The summed E-state index contributed by atoms with van der Waals surface area (Å²) in [6.07, 6.45) is 0. The highest BCUT2D eigenvalue weighted by Gasteiger charge is 2.08. The number of H-pyrrole nitrogens is 1. The van der Waals surface area contributed by atoms with Gasteiger partial charge in [-0.2, -0.15) is 10.4 Å². The van der Waals surface area contributed by atoms with Crippen molar-refractivity contribution in [2.75, 3.05) is 7.11 Å². The number of aromatic amines is 1. The molecule has 0 aliphatic heterocycles. The normalized spacial score (nSPS) is 9.65. The van der Waals surface area contributed by atoms with Crippen LogP contribution in [0.15, 0.2) is 30.3 Å². The highest BCUT2D eigenvalue weighted by atomic mass is 32.1. The van der Waals surface area contributed by atoms with Crippen LogP contribution in [-0.4, -0.2) is 17.3 Å². The van der Waals surface area contributed by atoms with Gasteiger partial charge in [-0.05, 0) is 30.3 Å². The van der Waals surface area contributed by atoms with E-state index < -0.39 is 0 Å². The molecule has 1 aromatic carbocycles. The first-order chi connectivity index (χ1) is 8.24. The van der Waals surface area contributed by atoms with Gasteiger partial charge in [0.2, 0.25) is 0 Å². The lowest BCUT2D eigenvalue weighted by Gasteiger charge is -2.07. The van der Waals surface area contributed by atoms with E-state index >= 15 is 0 Å². The number of rotatable bonds is 2. The van der Waals surface area contributed by atoms with Crippen molar-refractivity contribution in [3.8, 4) is 23.1 Å². The monoisotopic (exact) mass is 243 g/mol. The summed E-state index contributed by atoms with van der Waals surface area (Å²) >= 11 is 4.93. The second kappa shape index (κ2) is 4.76. The number of methoxy groups -OCH3 is 1. The van der Waals surface area contributed by atoms with E-state index in [2.05, 4.69) is 16.3 Å². The summed E-state index contributed by atoms with van der Waals surface area (Å²) in [6, 6.07) is 10.8. The molecule has 17 heavy (non-hydrogen) atoms. The first-order valence-electron chi connectivity index (χ1n) is 4.89. The molecule has 1 N–H and O–H groups in total. The second-order valence-electron chi connectivity index (χ2n) is 3.33. The first-order valence-corrected chi connectivity index (χ1v) is 5.29. The van der Waals surface area contributed by atoms with E-state index in [4.69, 9.17) is 22.2 Å². The van der Waals surface area contributed by atoms with E-state index in [-0.39, 0.29) is 0 Å². The summed E-state index contributed by atoms with van der Waals surface area (Å²) in [4.78, 5) is 0. The molecule has 2 rings (SSSR count). The molecule has 4 nitrogen and oxygen atoms in total. The molecule has 0 amide bonds. The van der Waals surface area contributed by atoms with Crippen LogP contribution in [0.4, 0.5) is 0 Å². The van der Waals surface area contributed by atoms with Crippen molar-refractivity contribution in [1.82, 2.24) is 10.2 Å². The van der Waals surface area contributed by atoms with Gasteiger partial charge < -0.3 is 4.74 Å². The Bertz CT molecular complexity index is 622. The molecule has 5 heteroatoms. The second-order valence-corrected chi connectivity index (χ2v) is 3.77. The van der Waals surface area contributed by atoms with Crippen molar-refractivity contribution in [2.24, 2.45) is 0 Å². The van der Waals surface area contributed by atoms with Crippen molar-refractivity contribution in [3.05, 3.63) is 40.5 Å². The van der Waals surface area contributed by atoms with E-state index in [1.54, 1.807) is 37.4 Å². The summed E-state index contributed by atoms with van der Waals surface area (Å²) in [6.45, 7) is 0. The van der Waals surface area contributed by atoms with Crippen LogP contribution in [0.2, 0.25) is 0 Å². The predicted molar refractivity (Wildman–Crippen MR) is 66.1 cm³/mol. The number of hydrogen-bond donors (Lipinski definition) is 1. The maximum absolute atomic E-state index is 8.88. The van der Waals surface area contributed by atoms with Crippen molar-refractivity contribution >= 4 is 12.2 Å². The number of ether oxygens (including phenoxy) is 1. The summed E-state index contributed by atoms with van der Waals surface area (Å²) < 4.78 is 5.80. The largest absolute Gasteiger partial charge is 0.496 e. The van der Waals surface area contributed by atoms with Gasteiger partial charge in [0.1, 0.15) is 10.4 Å². The molecule has 84 valence electrons. The van der Waals surface area contributed by atoms with E-state index in [1.165, 1.54) is 0 Å². The van der Waals surface area contributed by atoms with Crippen LogP contribution in [0.3, 0.4) is 0 Å². The average molecular weight is 243 g/mol. The summed E-state index contributed by atoms with van der Waals surface area (Å²) in [5, 5.41) is 15.7. The molecular weight excluding hydrogens is 234 g/mol. The Morgan fingerprint density at radius 1 is 1.35 bits per heavy atom. The fourth-order valence-electron chi connectivity index (χ4n) is 1.47. The van der Waals surface area contributed by atoms with Crippen LogP contribution < -0.4 is 4.74 Å². The number of hydrogen-bond acceptors (Lipinski definition) is 4. The Kier molecular flexibility index (Phi) is 3.17. The van der Waals surface area contributed by atoms with E-state index in [1.807, 2.05) is 0 Å². The van der Waals surface area contributed by atoms with Crippen LogP contribution in [0.5, 0.6) is 5.75 Å². The molecule has 1 aromatic heterocycles. The third-order valence-corrected chi connectivity index (χ3v) is 2.51. The molecule has 1 heterocycles. The molecule has 0 fully saturated rings. The average Bonchev–Trinajstić information content (AvgIpc) is 2.39. The minimum absolute atomic E-state index is 0.559. The third kappa shape index (κ3) is 2.32. The number of nitriles is 1. The minimum atomic E-state index is 0.559. The maximum atomic E-state index is 8.88. The molecule has 0 bridgehead atoms. The fraction of sp³-hybridized carbons (Fsp3) is 0.0833. The van der Waals surface area contributed by atoms with E-state index in [0.717, 1.165) is 5.56 Å². The van der Waals surface area contributed by atoms with Crippen LogP contribution in [-0.2, 0) is 0 Å². The zero-order valence-electron chi connectivity index (χ0n) is 9.10. The molecule has 0 aliphatic rings. The van der Waals surface area contributed by atoms with Crippen molar-refractivity contribution in [2.45, 2.75) is 0 Å². The number of nitrogens with zero attached hydrogens (tertiary/aromatic N) is 2. The van der Waals surface area contributed by atoms with Gasteiger partial charge in [-0.3, -0.25) is 5.10 Å². The standard InChI is InChI=1S/C12H9N3OS/c1-16-11-4-2-8(7-13)6-9(11)10-3-5-12(17)15-14-10/h2-6H,1H3,(H,15,17). The van der Waals surface area contributed by atoms with Crippen LogP contribution in [0.25, 0.3) is 11.3 Å². The highest BCUT2D eigenvalue weighted by Crippen LogP contribution is 2.28. The highest BCUT2D eigenvalue weighted by molar-refractivity contribution is 7.71. The van der Waals surface area contributed by atoms with Crippen molar-refractivity contribution in [3.63, 3.8) is 0 Å². The summed E-state index contributed by atoms with van der Waals surface area (Å²) in [5.41, 5.74) is 2.01. The van der Waals surface area contributed by atoms with Crippen LogP contribution in [0.1, 0.15) is 5.56 Å². The zero-order chi connectivity index (χ0) is 12.3. The minimum Gasteiger partial charge on any atom is -0.496 e. The van der Waals surface area contributed by atoms with Gasteiger partial charge in [-0.15, -0.1) is 0 Å². The number of nitrogens with one attached hydrogen (secondary N) is 1. The Morgan fingerprint density at radius 3 is 2.76 bits per heavy atom. The molecule has 0 saturated carbocycles. The topological polar surface area (TPSA) is 61.7 Å². The molecule has 0 aliphatic carbocycles. The lowest BCUT2D eigenvalue weighted by Crippen LogP contribution is -1.92. The first kappa shape index (κ1) is 11.3. The molecule has 2 aromatic rings. The van der Waals surface area contributed by atoms with Crippen LogP contribution >= 0.6 is 12.2 Å².